The third-order valence-corrected chi connectivity index (χ3v) is 6.01. The summed E-state index contributed by atoms with van der Waals surface area (Å²) in [5, 5.41) is 2.51. The first-order chi connectivity index (χ1) is 19.7. The number of amides is 3. The quantitative estimate of drug-likeness (QED) is 0.326. The van der Waals surface area contributed by atoms with Crippen LogP contribution in [0.1, 0.15) is 30.7 Å². The average molecular weight is 592 g/mol. The lowest BCUT2D eigenvalue weighted by Crippen LogP contribution is -2.37. The van der Waals surface area contributed by atoms with Gasteiger partial charge in [-0.2, -0.15) is 13.2 Å². The zero-order valence-electron chi connectivity index (χ0n) is 23.6. The SMILES string of the molecule is CN(C)C(=O)/C=C/CC[C@H](OC(=O)N(C)C)C(=O)Nc1cccn(Cc2cc3ncnc(CCC(F)(F)F)c3[nH]2)c1=O. The summed E-state index contributed by atoms with van der Waals surface area (Å²) in [7, 11) is 6.10. The molecule has 3 heterocycles. The number of alkyl halides is 3. The van der Waals surface area contributed by atoms with E-state index in [0.29, 0.717) is 16.7 Å². The molecule has 0 aliphatic heterocycles. The van der Waals surface area contributed by atoms with Crippen LogP contribution in [-0.4, -0.2) is 87.7 Å². The fraction of sp³-hybridized carbons (Fsp3) is 0.407. The van der Waals surface area contributed by atoms with E-state index in [-0.39, 0.29) is 43.1 Å². The Balaban J connectivity index is 1.76. The fourth-order valence-electron chi connectivity index (χ4n) is 3.78. The number of aromatic nitrogens is 4. The first kappa shape index (κ1) is 31.8. The Hall–Kier alpha value is -4.69. The molecule has 3 aromatic heterocycles. The van der Waals surface area contributed by atoms with Gasteiger partial charge >= 0.3 is 12.3 Å². The number of hydrogen-bond donors (Lipinski definition) is 2. The molecule has 0 aliphatic rings. The lowest BCUT2D eigenvalue weighted by atomic mass is 10.1. The van der Waals surface area contributed by atoms with Crippen molar-refractivity contribution in [1.29, 1.82) is 0 Å². The van der Waals surface area contributed by atoms with Crippen molar-refractivity contribution in [3.05, 3.63) is 64.6 Å². The van der Waals surface area contributed by atoms with Crippen molar-refractivity contribution in [1.82, 2.24) is 29.3 Å². The number of rotatable bonds is 11. The number of fused-ring (bicyclic) bond motifs is 1. The van der Waals surface area contributed by atoms with Crippen LogP contribution < -0.4 is 10.9 Å². The molecule has 0 saturated heterocycles. The second-order valence-electron chi connectivity index (χ2n) is 9.81. The molecule has 226 valence electrons. The monoisotopic (exact) mass is 591 g/mol. The van der Waals surface area contributed by atoms with Crippen molar-refractivity contribution < 1.29 is 32.3 Å². The fourth-order valence-corrected chi connectivity index (χ4v) is 3.78. The van der Waals surface area contributed by atoms with Crippen LogP contribution in [0.4, 0.5) is 23.7 Å². The molecule has 0 unspecified atom stereocenters. The number of allylic oxidation sites excluding steroid dienone is 1. The normalized spacial score (nSPS) is 12.4. The van der Waals surface area contributed by atoms with E-state index in [4.69, 9.17) is 4.74 Å². The zero-order chi connectivity index (χ0) is 31.0. The van der Waals surface area contributed by atoms with Gasteiger partial charge in [0.1, 0.15) is 12.0 Å². The summed E-state index contributed by atoms with van der Waals surface area (Å²) in [5.41, 5.74) is 0.801. The van der Waals surface area contributed by atoms with Gasteiger partial charge < -0.3 is 29.4 Å². The number of nitrogens with one attached hydrogen (secondary N) is 2. The maximum atomic E-state index is 13.2. The second kappa shape index (κ2) is 13.8. The number of carbonyl (C=O) groups is 3. The molecule has 0 fully saturated rings. The zero-order valence-corrected chi connectivity index (χ0v) is 23.6. The predicted molar refractivity (Wildman–Crippen MR) is 148 cm³/mol. The molecular weight excluding hydrogens is 559 g/mol. The lowest BCUT2D eigenvalue weighted by Gasteiger charge is -2.19. The third-order valence-electron chi connectivity index (χ3n) is 6.01. The highest BCUT2D eigenvalue weighted by atomic mass is 19.4. The number of hydrogen-bond acceptors (Lipinski definition) is 7. The second-order valence-corrected chi connectivity index (χ2v) is 9.81. The molecular formula is C27H32F3N7O5. The Morgan fingerprint density at radius 1 is 1.17 bits per heavy atom. The van der Waals surface area contributed by atoms with Gasteiger partial charge in [0.2, 0.25) is 5.91 Å². The van der Waals surface area contributed by atoms with Gasteiger partial charge in [-0.15, -0.1) is 0 Å². The molecule has 42 heavy (non-hydrogen) atoms. The van der Waals surface area contributed by atoms with E-state index in [9.17, 15) is 32.3 Å². The van der Waals surface area contributed by atoms with Crippen LogP contribution in [0.25, 0.3) is 11.0 Å². The summed E-state index contributed by atoms with van der Waals surface area (Å²) in [4.78, 5) is 63.7. The van der Waals surface area contributed by atoms with E-state index in [1.54, 1.807) is 26.2 Å². The number of H-pyrrole nitrogens is 1. The Kier molecular flexibility index (Phi) is 10.4. The highest BCUT2D eigenvalue weighted by molar-refractivity contribution is 5.95. The van der Waals surface area contributed by atoms with E-state index in [2.05, 4.69) is 20.3 Å². The number of pyridine rings is 1. The van der Waals surface area contributed by atoms with Gasteiger partial charge in [-0.25, -0.2) is 14.8 Å². The molecule has 0 aromatic carbocycles. The minimum absolute atomic E-state index is 0.00135. The molecule has 0 spiro atoms. The van der Waals surface area contributed by atoms with Gasteiger partial charge in [0, 0.05) is 52.9 Å². The number of nitrogens with zero attached hydrogens (tertiary/aromatic N) is 5. The van der Waals surface area contributed by atoms with Crippen LogP contribution in [0.3, 0.4) is 0 Å². The Labute approximate surface area is 239 Å². The van der Waals surface area contributed by atoms with Crippen LogP contribution in [0.2, 0.25) is 0 Å². The Morgan fingerprint density at radius 2 is 1.90 bits per heavy atom. The smallest absolute Gasteiger partial charge is 0.410 e. The summed E-state index contributed by atoms with van der Waals surface area (Å²) < 4.78 is 44.8. The van der Waals surface area contributed by atoms with Crippen LogP contribution >= 0.6 is 0 Å². The maximum Gasteiger partial charge on any atom is 0.410 e. The highest BCUT2D eigenvalue weighted by Gasteiger charge is 2.28. The first-order valence-electron chi connectivity index (χ1n) is 12.9. The first-order valence-corrected chi connectivity index (χ1v) is 12.9. The molecule has 0 aliphatic carbocycles. The summed E-state index contributed by atoms with van der Waals surface area (Å²) in [5.74, 6) is -0.978. The van der Waals surface area contributed by atoms with Crippen molar-refractivity contribution >= 4 is 34.6 Å². The molecule has 0 radical (unpaired) electrons. The average Bonchev–Trinajstić information content (AvgIpc) is 3.33. The molecule has 3 amide bonds. The molecule has 0 saturated carbocycles. The van der Waals surface area contributed by atoms with Gasteiger partial charge in [0.25, 0.3) is 11.5 Å². The van der Waals surface area contributed by atoms with E-state index in [1.807, 2.05) is 0 Å². The number of carbonyl (C=O) groups excluding carboxylic acids is 3. The third kappa shape index (κ3) is 8.91. The van der Waals surface area contributed by atoms with Gasteiger partial charge in [-0.05, 0) is 37.1 Å². The van der Waals surface area contributed by atoms with Gasteiger partial charge in [0.05, 0.1) is 23.3 Å². The largest absolute Gasteiger partial charge is 0.436 e. The molecule has 1 atom stereocenters. The minimum atomic E-state index is -4.34. The number of halogens is 3. The van der Waals surface area contributed by atoms with Crippen molar-refractivity contribution in [2.24, 2.45) is 0 Å². The maximum absolute atomic E-state index is 13.2. The van der Waals surface area contributed by atoms with E-state index in [0.717, 1.165) is 4.90 Å². The minimum Gasteiger partial charge on any atom is -0.436 e. The predicted octanol–water partition coefficient (Wildman–Crippen LogP) is 3.09. The summed E-state index contributed by atoms with van der Waals surface area (Å²) >= 11 is 0. The number of likely N-dealkylation sites (N-methyl/N-ethyl adjacent to an activating group) is 1. The lowest BCUT2D eigenvalue weighted by molar-refractivity contribution is -0.134. The molecule has 3 aromatic rings. The van der Waals surface area contributed by atoms with Crippen LogP contribution in [-0.2, 0) is 27.3 Å². The van der Waals surface area contributed by atoms with Crippen molar-refractivity contribution in [2.45, 2.75) is 44.5 Å². The number of anilines is 1. The highest BCUT2D eigenvalue weighted by Crippen LogP contribution is 2.24. The standard InChI is InChI=1S/C27H32F3N7O5/c1-35(2)22(38)10-6-5-9-21(42-26(41)36(3)4)24(39)34-19-8-7-13-37(25(19)40)15-17-14-20-23(33-17)18(31-16-32-20)11-12-27(28,29)30/h6-8,10,13-14,16,21,33H,5,9,11-12,15H2,1-4H3,(H,34,39)/b10-6+/t21-/m0/s1. The van der Waals surface area contributed by atoms with E-state index in [1.165, 1.54) is 54.3 Å². The topological polar surface area (TPSA) is 143 Å². The summed E-state index contributed by atoms with van der Waals surface area (Å²) in [6.45, 7) is 0.00135. The molecule has 15 heteroatoms. The molecule has 3 rings (SSSR count). The van der Waals surface area contributed by atoms with Crippen LogP contribution in [0.15, 0.2) is 47.7 Å². The summed E-state index contributed by atoms with van der Waals surface area (Å²) in [6, 6.07) is 4.53. The van der Waals surface area contributed by atoms with E-state index >= 15 is 0 Å². The van der Waals surface area contributed by atoms with Crippen molar-refractivity contribution in [2.75, 3.05) is 33.5 Å². The number of aromatic amines is 1. The van der Waals surface area contributed by atoms with Gasteiger partial charge in [0.15, 0.2) is 6.10 Å². The van der Waals surface area contributed by atoms with Crippen LogP contribution in [0.5, 0.6) is 0 Å². The number of aryl methyl sites for hydroxylation is 1. The van der Waals surface area contributed by atoms with Crippen molar-refractivity contribution in [3.8, 4) is 0 Å². The van der Waals surface area contributed by atoms with E-state index < -0.39 is 36.3 Å². The number of ether oxygens (including phenoxy) is 1. The summed E-state index contributed by atoms with van der Waals surface area (Å²) in [6.07, 6.45) is -1.86. The van der Waals surface area contributed by atoms with Crippen molar-refractivity contribution in [3.63, 3.8) is 0 Å². The Morgan fingerprint density at radius 3 is 2.57 bits per heavy atom. The van der Waals surface area contributed by atoms with Crippen LogP contribution in [0, 0.1) is 0 Å². The van der Waals surface area contributed by atoms with Gasteiger partial charge in [-0.1, -0.05) is 6.08 Å². The van der Waals surface area contributed by atoms with Gasteiger partial charge in [-0.3, -0.25) is 14.4 Å². The molecule has 2 N–H and O–H groups in total. The molecule has 0 bridgehead atoms. The molecule has 12 nitrogen and oxygen atoms in total. The Bertz CT molecular complexity index is 1510.